The standard InChI is InChI=1S/C15H14N2O3S/c1-20-14(19)9-21-15-12(8-16)11(7-13(18)17-15)10-5-3-2-4-6-10/h2-6,11H,7,9H2,1H3,(H,17,18)/t11-/m0/s1. The number of nitrogens with zero attached hydrogens (tertiary/aromatic N) is 1. The Bertz CT molecular complexity index is 620. The van der Waals surface area contributed by atoms with Crippen LogP contribution in [0.1, 0.15) is 17.9 Å². The lowest BCUT2D eigenvalue weighted by Gasteiger charge is -2.24. The molecule has 5 nitrogen and oxygen atoms in total. The van der Waals surface area contributed by atoms with Gasteiger partial charge in [0.1, 0.15) is 0 Å². The summed E-state index contributed by atoms with van der Waals surface area (Å²) in [5, 5.41) is 12.5. The fourth-order valence-electron chi connectivity index (χ4n) is 2.09. The Morgan fingerprint density at radius 2 is 2.19 bits per heavy atom. The fraction of sp³-hybridized carbons (Fsp3) is 0.267. The number of ether oxygens (including phenoxy) is 1. The third-order valence-electron chi connectivity index (χ3n) is 3.12. The number of methoxy groups -OCH3 is 1. The van der Waals surface area contributed by atoms with Gasteiger partial charge >= 0.3 is 5.97 Å². The highest BCUT2D eigenvalue weighted by Gasteiger charge is 2.29. The first-order chi connectivity index (χ1) is 10.2. The predicted molar refractivity (Wildman–Crippen MR) is 79.1 cm³/mol. The van der Waals surface area contributed by atoms with Crippen LogP contribution in [0, 0.1) is 11.3 Å². The summed E-state index contributed by atoms with van der Waals surface area (Å²) >= 11 is 1.12. The Kier molecular flexibility index (Phi) is 5.01. The molecule has 1 atom stereocenters. The van der Waals surface area contributed by atoms with Crippen LogP contribution >= 0.6 is 11.8 Å². The molecule has 0 saturated heterocycles. The average molecular weight is 302 g/mol. The number of allylic oxidation sites excluding steroid dienone is 1. The summed E-state index contributed by atoms with van der Waals surface area (Å²) in [6, 6.07) is 11.6. The van der Waals surface area contributed by atoms with Crippen LogP contribution in [0.2, 0.25) is 0 Å². The first kappa shape index (κ1) is 15.1. The zero-order valence-electron chi connectivity index (χ0n) is 11.5. The van der Waals surface area contributed by atoms with E-state index in [1.165, 1.54) is 7.11 Å². The lowest BCUT2D eigenvalue weighted by atomic mass is 9.87. The number of carbonyl (C=O) groups excluding carboxylic acids is 2. The van der Waals surface area contributed by atoms with Crippen LogP contribution < -0.4 is 5.32 Å². The highest BCUT2D eigenvalue weighted by atomic mass is 32.2. The molecular weight excluding hydrogens is 288 g/mol. The van der Waals surface area contributed by atoms with Crippen molar-refractivity contribution in [1.82, 2.24) is 5.32 Å². The lowest BCUT2D eigenvalue weighted by molar-refractivity contribution is -0.137. The van der Waals surface area contributed by atoms with Crippen molar-refractivity contribution in [2.45, 2.75) is 12.3 Å². The van der Waals surface area contributed by atoms with E-state index >= 15 is 0 Å². The van der Waals surface area contributed by atoms with E-state index in [4.69, 9.17) is 0 Å². The van der Waals surface area contributed by atoms with Crippen LogP contribution in [0.3, 0.4) is 0 Å². The molecular formula is C15H14N2O3S. The highest BCUT2D eigenvalue weighted by Crippen LogP contribution is 2.35. The second-order valence-corrected chi connectivity index (χ2v) is 5.42. The molecule has 0 saturated carbocycles. The Morgan fingerprint density at radius 3 is 2.81 bits per heavy atom. The number of benzene rings is 1. The molecule has 1 aromatic carbocycles. The van der Waals surface area contributed by atoms with E-state index in [0.717, 1.165) is 17.3 Å². The molecule has 0 fully saturated rings. The van der Waals surface area contributed by atoms with E-state index in [2.05, 4.69) is 16.1 Å². The van der Waals surface area contributed by atoms with Gasteiger partial charge in [-0.2, -0.15) is 5.26 Å². The van der Waals surface area contributed by atoms with Crippen LogP contribution in [-0.4, -0.2) is 24.7 Å². The summed E-state index contributed by atoms with van der Waals surface area (Å²) in [6.07, 6.45) is 0.231. The zero-order chi connectivity index (χ0) is 15.2. The minimum atomic E-state index is -0.402. The van der Waals surface area contributed by atoms with Crippen molar-refractivity contribution in [1.29, 1.82) is 5.26 Å². The number of nitriles is 1. The molecule has 0 radical (unpaired) electrons. The summed E-state index contributed by atoms with van der Waals surface area (Å²) in [5.74, 6) is -0.778. The Balaban J connectivity index is 2.30. The summed E-state index contributed by atoms with van der Waals surface area (Å²) in [6.45, 7) is 0. The van der Waals surface area contributed by atoms with Gasteiger partial charge in [0.15, 0.2) is 0 Å². The van der Waals surface area contributed by atoms with Gasteiger partial charge in [-0.1, -0.05) is 42.1 Å². The predicted octanol–water partition coefficient (Wildman–Crippen LogP) is 1.93. The third-order valence-corrected chi connectivity index (χ3v) is 4.11. The van der Waals surface area contributed by atoms with Crippen molar-refractivity contribution in [2.75, 3.05) is 12.9 Å². The van der Waals surface area contributed by atoms with Crippen molar-refractivity contribution in [2.24, 2.45) is 0 Å². The smallest absolute Gasteiger partial charge is 0.316 e. The maximum atomic E-state index is 11.8. The Morgan fingerprint density at radius 1 is 1.48 bits per heavy atom. The van der Waals surface area contributed by atoms with E-state index in [-0.39, 0.29) is 24.0 Å². The summed E-state index contributed by atoms with van der Waals surface area (Å²) < 4.78 is 4.57. The Hall–Kier alpha value is -2.26. The van der Waals surface area contributed by atoms with Crippen LogP contribution in [0.5, 0.6) is 0 Å². The van der Waals surface area contributed by atoms with Crippen molar-refractivity contribution < 1.29 is 14.3 Å². The minimum Gasteiger partial charge on any atom is -0.468 e. The molecule has 0 spiro atoms. The summed E-state index contributed by atoms with van der Waals surface area (Å²) in [5.41, 5.74) is 1.40. The third kappa shape index (κ3) is 3.64. The number of hydrogen-bond donors (Lipinski definition) is 1. The largest absolute Gasteiger partial charge is 0.468 e. The number of amides is 1. The first-order valence-corrected chi connectivity index (χ1v) is 7.33. The SMILES string of the molecule is COC(=O)CSC1=C(C#N)[C@H](c2ccccc2)CC(=O)N1. The van der Waals surface area contributed by atoms with Crippen LogP contribution in [-0.2, 0) is 14.3 Å². The van der Waals surface area contributed by atoms with E-state index in [0.29, 0.717) is 10.6 Å². The van der Waals surface area contributed by atoms with E-state index in [1.54, 1.807) is 0 Å². The Labute approximate surface area is 127 Å². The van der Waals surface area contributed by atoms with Gasteiger partial charge < -0.3 is 10.1 Å². The van der Waals surface area contributed by atoms with Gasteiger partial charge in [0.2, 0.25) is 5.91 Å². The van der Waals surface area contributed by atoms with Crippen molar-refractivity contribution >= 4 is 23.6 Å². The molecule has 6 heteroatoms. The van der Waals surface area contributed by atoms with Crippen molar-refractivity contribution in [3.8, 4) is 6.07 Å². The molecule has 1 aromatic rings. The molecule has 2 rings (SSSR count). The van der Waals surface area contributed by atoms with Gasteiger partial charge in [0, 0.05) is 12.3 Å². The van der Waals surface area contributed by atoms with Crippen LogP contribution in [0.15, 0.2) is 40.9 Å². The molecule has 0 unspecified atom stereocenters. The maximum Gasteiger partial charge on any atom is 0.316 e. The first-order valence-electron chi connectivity index (χ1n) is 6.34. The topological polar surface area (TPSA) is 79.2 Å². The molecule has 0 bridgehead atoms. The number of esters is 1. The molecule has 108 valence electrons. The minimum absolute atomic E-state index is 0.0544. The average Bonchev–Trinajstić information content (AvgIpc) is 2.52. The second kappa shape index (κ2) is 6.95. The van der Waals surface area contributed by atoms with Gasteiger partial charge in [-0.15, -0.1) is 0 Å². The summed E-state index contributed by atoms with van der Waals surface area (Å²) in [4.78, 5) is 23.1. The van der Waals surface area contributed by atoms with Crippen molar-refractivity contribution in [3.05, 3.63) is 46.5 Å². The van der Waals surface area contributed by atoms with Crippen LogP contribution in [0.4, 0.5) is 0 Å². The van der Waals surface area contributed by atoms with Crippen LogP contribution in [0.25, 0.3) is 0 Å². The quantitative estimate of drug-likeness (QED) is 0.860. The number of hydrogen-bond acceptors (Lipinski definition) is 5. The molecule has 21 heavy (non-hydrogen) atoms. The number of nitrogens with one attached hydrogen (secondary N) is 1. The van der Waals surface area contributed by atoms with Gasteiger partial charge in [0.05, 0.1) is 29.5 Å². The molecule has 1 amide bonds. The molecule has 1 heterocycles. The van der Waals surface area contributed by atoms with E-state index < -0.39 is 5.97 Å². The molecule has 1 aliphatic rings. The van der Waals surface area contributed by atoms with Gasteiger partial charge in [-0.25, -0.2) is 0 Å². The highest BCUT2D eigenvalue weighted by molar-refractivity contribution is 8.03. The molecule has 1 N–H and O–H groups in total. The van der Waals surface area contributed by atoms with Gasteiger partial charge in [0.25, 0.3) is 0 Å². The van der Waals surface area contributed by atoms with Gasteiger partial charge in [-0.05, 0) is 5.56 Å². The second-order valence-electron chi connectivity index (χ2n) is 4.43. The molecule has 0 aliphatic carbocycles. The lowest BCUT2D eigenvalue weighted by Crippen LogP contribution is -2.31. The molecule has 1 aliphatic heterocycles. The van der Waals surface area contributed by atoms with Gasteiger partial charge in [-0.3, -0.25) is 9.59 Å². The zero-order valence-corrected chi connectivity index (χ0v) is 12.3. The normalized spacial score (nSPS) is 17.9. The number of carbonyl (C=O) groups is 2. The molecule has 0 aromatic heterocycles. The summed E-state index contributed by atoms with van der Waals surface area (Å²) in [7, 11) is 1.30. The monoisotopic (exact) mass is 302 g/mol. The maximum absolute atomic E-state index is 11.8. The van der Waals surface area contributed by atoms with E-state index in [9.17, 15) is 14.9 Å². The number of thioether (sulfide) groups is 1. The fourth-order valence-corrected chi connectivity index (χ4v) is 3.00. The van der Waals surface area contributed by atoms with E-state index in [1.807, 2.05) is 30.3 Å². The van der Waals surface area contributed by atoms with Crippen molar-refractivity contribution in [3.63, 3.8) is 0 Å². The number of rotatable bonds is 4.